The van der Waals surface area contributed by atoms with E-state index in [4.69, 9.17) is 9.97 Å². The number of para-hydroxylation sites is 1. The highest BCUT2D eigenvalue weighted by atomic mass is 14.9. The van der Waals surface area contributed by atoms with Crippen LogP contribution in [0, 0.1) is 0 Å². The van der Waals surface area contributed by atoms with Crippen LogP contribution in [-0.4, -0.2) is 9.97 Å². The maximum absolute atomic E-state index is 5.26. The molecule has 0 saturated heterocycles. The van der Waals surface area contributed by atoms with Crippen LogP contribution in [0.2, 0.25) is 0 Å². The van der Waals surface area contributed by atoms with Crippen molar-refractivity contribution < 1.29 is 0 Å². The molecule has 0 saturated carbocycles. The summed E-state index contributed by atoms with van der Waals surface area (Å²) in [5.74, 6) is 0.730. The lowest BCUT2D eigenvalue weighted by molar-refractivity contribution is 1.23. The van der Waals surface area contributed by atoms with Crippen LogP contribution >= 0.6 is 0 Å². The summed E-state index contributed by atoms with van der Waals surface area (Å²) in [6.45, 7) is 0. The molecular formula is C50H30N2. The van der Waals surface area contributed by atoms with E-state index >= 15 is 0 Å². The molecule has 0 radical (unpaired) electrons. The van der Waals surface area contributed by atoms with Crippen molar-refractivity contribution in [2.45, 2.75) is 0 Å². The van der Waals surface area contributed by atoms with Gasteiger partial charge in [-0.05, 0) is 94.0 Å². The predicted octanol–water partition coefficient (Wildman–Crippen LogP) is 13.5. The van der Waals surface area contributed by atoms with Crippen molar-refractivity contribution in [3.8, 4) is 33.8 Å². The molecule has 0 atom stereocenters. The van der Waals surface area contributed by atoms with Crippen molar-refractivity contribution in [3.63, 3.8) is 0 Å². The summed E-state index contributed by atoms with van der Waals surface area (Å²) in [5, 5.41) is 16.0. The smallest absolute Gasteiger partial charge is 0.161 e. The van der Waals surface area contributed by atoms with Crippen LogP contribution in [0.4, 0.5) is 0 Å². The van der Waals surface area contributed by atoms with Gasteiger partial charge in [-0.2, -0.15) is 0 Å². The molecule has 52 heavy (non-hydrogen) atoms. The summed E-state index contributed by atoms with van der Waals surface area (Å²) in [7, 11) is 0. The number of hydrogen-bond donors (Lipinski definition) is 0. The molecule has 0 spiro atoms. The first-order chi connectivity index (χ1) is 25.8. The Kier molecular flexibility index (Phi) is 6.28. The molecule has 11 aromatic rings. The van der Waals surface area contributed by atoms with E-state index in [1.54, 1.807) is 0 Å². The van der Waals surface area contributed by atoms with Gasteiger partial charge in [-0.1, -0.05) is 164 Å². The van der Waals surface area contributed by atoms with Crippen molar-refractivity contribution >= 4 is 75.5 Å². The third kappa shape index (κ3) is 4.25. The van der Waals surface area contributed by atoms with E-state index in [1.807, 2.05) is 6.07 Å². The van der Waals surface area contributed by atoms with E-state index in [1.165, 1.54) is 70.4 Å². The highest BCUT2D eigenvalue weighted by Crippen LogP contribution is 2.45. The van der Waals surface area contributed by atoms with Crippen LogP contribution in [-0.2, 0) is 0 Å². The summed E-state index contributed by atoms with van der Waals surface area (Å²) < 4.78 is 0. The number of hydrogen-bond acceptors (Lipinski definition) is 2. The number of benzene rings is 9. The van der Waals surface area contributed by atoms with E-state index < -0.39 is 0 Å². The SMILES string of the molecule is c1ccc(-c2nc(-c3ccc(-c4cc5cccc6c7ccccc7c7ccccc7c7cccc4c7c56)c4ccccc34)nc3ccccc23)cc1. The average molecular weight is 659 g/mol. The first kappa shape index (κ1) is 28.9. The Balaban J connectivity index is 1.23. The largest absolute Gasteiger partial charge is 0.228 e. The lowest BCUT2D eigenvalue weighted by Gasteiger charge is -2.18. The molecule has 1 aromatic heterocycles. The van der Waals surface area contributed by atoms with Crippen LogP contribution in [0.25, 0.3) is 109 Å². The number of rotatable bonds is 3. The highest BCUT2D eigenvalue weighted by molar-refractivity contribution is 6.34. The van der Waals surface area contributed by atoms with Crippen LogP contribution < -0.4 is 0 Å². The molecule has 0 bridgehead atoms. The molecule has 240 valence electrons. The fraction of sp³-hybridized carbons (Fsp3) is 0. The fourth-order valence-corrected chi connectivity index (χ4v) is 8.57. The minimum atomic E-state index is 0.730. The molecule has 2 heteroatoms. The Hall–Kier alpha value is -6.90. The van der Waals surface area contributed by atoms with Gasteiger partial charge in [0.15, 0.2) is 5.82 Å². The molecule has 11 rings (SSSR count). The minimum absolute atomic E-state index is 0.730. The van der Waals surface area contributed by atoms with Crippen molar-refractivity contribution in [1.82, 2.24) is 9.97 Å². The zero-order valence-electron chi connectivity index (χ0n) is 28.2. The van der Waals surface area contributed by atoms with Crippen molar-refractivity contribution in [1.29, 1.82) is 0 Å². The molecule has 10 aromatic carbocycles. The highest BCUT2D eigenvalue weighted by Gasteiger charge is 2.19. The van der Waals surface area contributed by atoms with Gasteiger partial charge in [0.25, 0.3) is 0 Å². The molecule has 2 nitrogen and oxygen atoms in total. The first-order valence-electron chi connectivity index (χ1n) is 17.8. The summed E-state index contributed by atoms with van der Waals surface area (Å²) in [6, 6.07) is 65.7. The fourth-order valence-electron chi connectivity index (χ4n) is 8.57. The molecule has 0 fully saturated rings. The van der Waals surface area contributed by atoms with Crippen LogP contribution in [0.15, 0.2) is 182 Å². The second-order valence-electron chi connectivity index (χ2n) is 13.6. The van der Waals surface area contributed by atoms with E-state index in [-0.39, 0.29) is 0 Å². The summed E-state index contributed by atoms with van der Waals surface area (Å²) in [6.07, 6.45) is 0. The second kappa shape index (κ2) is 11.3. The first-order valence-corrected chi connectivity index (χ1v) is 17.8. The van der Waals surface area contributed by atoms with E-state index in [2.05, 4.69) is 176 Å². The minimum Gasteiger partial charge on any atom is -0.228 e. The summed E-state index contributed by atoms with van der Waals surface area (Å²) >= 11 is 0. The van der Waals surface area contributed by atoms with Gasteiger partial charge >= 0.3 is 0 Å². The molecule has 0 aliphatic heterocycles. The summed E-state index contributed by atoms with van der Waals surface area (Å²) in [4.78, 5) is 10.4. The lowest BCUT2D eigenvalue weighted by atomic mass is 9.85. The zero-order valence-corrected chi connectivity index (χ0v) is 28.2. The Morgan fingerprint density at radius 1 is 0.288 bits per heavy atom. The molecule has 0 aliphatic rings. The maximum atomic E-state index is 5.26. The van der Waals surface area contributed by atoms with Crippen LogP contribution in [0.3, 0.4) is 0 Å². The van der Waals surface area contributed by atoms with Crippen molar-refractivity contribution in [2.75, 3.05) is 0 Å². The quantitative estimate of drug-likeness (QED) is 0.177. The van der Waals surface area contributed by atoms with Crippen molar-refractivity contribution in [3.05, 3.63) is 182 Å². The van der Waals surface area contributed by atoms with Gasteiger partial charge < -0.3 is 0 Å². The monoisotopic (exact) mass is 658 g/mol. The molecule has 0 amide bonds. The van der Waals surface area contributed by atoms with Gasteiger partial charge in [0.05, 0.1) is 11.2 Å². The molecule has 0 aliphatic carbocycles. The maximum Gasteiger partial charge on any atom is 0.161 e. The molecule has 1 heterocycles. The molecular weight excluding hydrogens is 629 g/mol. The van der Waals surface area contributed by atoms with Gasteiger partial charge in [-0.25, -0.2) is 9.97 Å². The Morgan fingerprint density at radius 3 is 1.50 bits per heavy atom. The van der Waals surface area contributed by atoms with Crippen molar-refractivity contribution in [2.24, 2.45) is 0 Å². The van der Waals surface area contributed by atoms with E-state index in [0.717, 1.165) is 38.9 Å². The predicted molar refractivity (Wildman–Crippen MR) is 221 cm³/mol. The van der Waals surface area contributed by atoms with E-state index in [0.29, 0.717) is 0 Å². The van der Waals surface area contributed by atoms with Crippen LogP contribution in [0.1, 0.15) is 0 Å². The standard InChI is InChI=1S/C50H30N2/c1-2-14-31(15-3-1)49-44-23-10-11-27-46(44)51-50(52-49)43-29-28-39(35-19-6-9-22-38(35)43)45-30-32-16-12-24-40-36-20-7-4-17-33(36)34-18-5-8-21-37(34)41-25-13-26-42(45)48(41)47(32)40/h1-30H. The Bertz CT molecular complexity index is 3230. The van der Waals surface area contributed by atoms with Gasteiger partial charge in [0.1, 0.15) is 0 Å². The second-order valence-corrected chi connectivity index (χ2v) is 13.6. The van der Waals surface area contributed by atoms with Gasteiger partial charge in [-0.15, -0.1) is 0 Å². The molecule has 0 N–H and O–H groups in total. The topological polar surface area (TPSA) is 25.8 Å². The summed E-state index contributed by atoms with van der Waals surface area (Å²) in [5.41, 5.74) is 6.41. The normalized spacial score (nSPS) is 11.8. The van der Waals surface area contributed by atoms with Gasteiger partial charge in [0, 0.05) is 16.5 Å². The number of aromatic nitrogens is 2. The Morgan fingerprint density at radius 2 is 0.788 bits per heavy atom. The van der Waals surface area contributed by atoms with Gasteiger partial charge in [-0.3, -0.25) is 0 Å². The lowest BCUT2D eigenvalue weighted by Crippen LogP contribution is -1.96. The van der Waals surface area contributed by atoms with E-state index in [9.17, 15) is 0 Å². The Labute approximate surface area is 300 Å². The zero-order chi connectivity index (χ0) is 34.2. The average Bonchev–Trinajstić information content (AvgIpc) is 3.22. The third-order valence-electron chi connectivity index (χ3n) is 10.8. The molecule has 0 unspecified atom stereocenters. The van der Waals surface area contributed by atoms with Gasteiger partial charge in [0.2, 0.25) is 0 Å². The number of nitrogens with zero attached hydrogens (tertiary/aromatic N) is 2. The van der Waals surface area contributed by atoms with Crippen LogP contribution in [0.5, 0.6) is 0 Å². The number of fused-ring (bicyclic) bond motifs is 7. The third-order valence-corrected chi connectivity index (χ3v) is 10.8.